The molecule has 3 nitrogen and oxygen atoms in total. The molecular weight excluding hydrogens is 269 g/mol. The van der Waals surface area contributed by atoms with Crippen LogP contribution >= 0.6 is 11.6 Å². The number of halogens is 2. The first-order chi connectivity index (χ1) is 9.02. The second-order valence-electron chi connectivity index (χ2n) is 3.91. The zero-order valence-electron chi connectivity index (χ0n) is 10.1. The number of ketones is 1. The average molecular weight is 280 g/mol. The molecule has 0 heterocycles. The minimum absolute atomic E-state index is 0.0839. The third-order valence-electron chi connectivity index (χ3n) is 2.67. The van der Waals surface area contributed by atoms with E-state index in [2.05, 4.69) is 0 Å². The Hall–Kier alpha value is -2.07. The van der Waals surface area contributed by atoms with Gasteiger partial charge in [0.25, 0.3) is 0 Å². The van der Waals surface area contributed by atoms with Crippen LogP contribution in [-0.2, 0) is 0 Å². The van der Waals surface area contributed by atoms with E-state index in [0.29, 0.717) is 10.8 Å². The van der Waals surface area contributed by atoms with Gasteiger partial charge in [-0.15, -0.1) is 0 Å². The number of carbonyl (C=O) groups is 1. The van der Waals surface area contributed by atoms with Crippen LogP contribution in [0.15, 0.2) is 36.4 Å². The maximum Gasteiger partial charge on any atom is 0.198 e. The summed E-state index contributed by atoms with van der Waals surface area (Å²) in [5, 5.41) is 0.388. The Morgan fingerprint density at radius 2 is 1.95 bits per heavy atom. The number of anilines is 1. The van der Waals surface area contributed by atoms with Crippen LogP contribution in [0.4, 0.5) is 10.1 Å². The van der Waals surface area contributed by atoms with Crippen molar-refractivity contribution in [2.45, 2.75) is 0 Å². The van der Waals surface area contributed by atoms with E-state index in [9.17, 15) is 9.18 Å². The Labute approximate surface area is 114 Å². The van der Waals surface area contributed by atoms with Crippen molar-refractivity contribution in [1.29, 1.82) is 0 Å². The number of nitrogen functional groups attached to an aromatic ring is 1. The molecule has 0 aliphatic carbocycles. The fourth-order valence-corrected chi connectivity index (χ4v) is 1.90. The highest BCUT2D eigenvalue weighted by atomic mass is 35.5. The molecule has 0 atom stereocenters. The van der Waals surface area contributed by atoms with Crippen molar-refractivity contribution in [1.82, 2.24) is 0 Å². The van der Waals surface area contributed by atoms with E-state index in [4.69, 9.17) is 22.1 Å². The Bertz CT molecular complexity index is 643. The zero-order valence-corrected chi connectivity index (χ0v) is 10.9. The van der Waals surface area contributed by atoms with Crippen LogP contribution in [0.3, 0.4) is 0 Å². The second kappa shape index (κ2) is 5.28. The molecule has 0 radical (unpaired) electrons. The number of ether oxygens (including phenoxy) is 1. The normalized spacial score (nSPS) is 10.3. The number of hydrogen-bond donors (Lipinski definition) is 1. The van der Waals surface area contributed by atoms with Gasteiger partial charge in [-0.25, -0.2) is 4.39 Å². The summed E-state index contributed by atoms with van der Waals surface area (Å²) in [7, 11) is 1.44. The Morgan fingerprint density at radius 1 is 1.21 bits per heavy atom. The van der Waals surface area contributed by atoms with Gasteiger partial charge in [-0.05, 0) is 36.4 Å². The highest BCUT2D eigenvalue weighted by molar-refractivity contribution is 6.31. The molecule has 0 fully saturated rings. The van der Waals surface area contributed by atoms with Crippen molar-refractivity contribution in [2.75, 3.05) is 12.8 Å². The van der Waals surface area contributed by atoms with Crippen LogP contribution in [0.2, 0.25) is 5.02 Å². The van der Waals surface area contributed by atoms with Gasteiger partial charge in [0.05, 0.1) is 12.7 Å². The predicted molar refractivity (Wildman–Crippen MR) is 72.2 cm³/mol. The molecule has 0 aromatic heterocycles. The van der Waals surface area contributed by atoms with Gasteiger partial charge in [0.1, 0.15) is 11.6 Å². The summed E-state index contributed by atoms with van der Waals surface area (Å²) in [6, 6.07) is 8.28. The molecule has 0 amide bonds. The molecule has 0 unspecified atom stereocenters. The molecule has 2 N–H and O–H groups in total. The van der Waals surface area contributed by atoms with E-state index in [1.54, 1.807) is 12.1 Å². The molecule has 0 spiro atoms. The summed E-state index contributed by atoms with van der Waals surface area (Å²) in [5.74, 6) is -0.604. The number of benzene rings is 2. The average Bonchev–Trinajstić information content (AvgIpc) is 2.40. The largest absolute Gasteiger partial charge is 0.496 e. The highest BCUT2D eigenvalue weighted by Gasteiger charge is 2.18. The topological polar surface area (TPSA) is 52.3 Å². The molecule has 0 saturated carbocycles. The summed E-state index contributed by atoms with van der Waals surface area (Å²) in [5.41, 5.74) is 6.22. The maximum atomic E-state index is 13.2. The molecule has 98 valence electrons. The number of hydrogen-bond acceptors (Lipinski definition) is 3. The van der Waals surface area contributed by atoms with Crippen LogP contribution in [0.5, 0.6) is 5.75 Å². The number of methoxy groups -OCH3 is 1. The van der Waals surface area contributed by atoms with Crippen LogP contribution in [-0.4, -0.2) is 12.9 Å². The van der Waals surface area contributed by atoms with Crippen molar-refractivity contribution in [3.05, 3.63) is 58.4 Å². The van der Waals surface area contributed by atoms with Crippen molar-refractivity contribution < 1.29 is 13.9 Å². The van der Waals surface area contributed by atoms with Gasteiger partial charge in [0.15, 0.2) is 5.78 Å². The maximum absolute atomic E-state index is 13.2. The lowest BCUT2D eigenvalue weighted by atomic mass is 10.0. The number of rotatable bonds is 3. The molecule has 0 bridgehead atoms. The van der Waals surface area contributed by atoms with Crippen molar-refractivity contribution in [2.24, 2.45) is 0 Å². The lowest BCUT2D eigenvalue weighted by molar-refractivity contribution is 0.103. The van der Waals surface area contributed by atoms with E-state index in [0.717, 1.165) is 6.07 Å². The van der Waals surface area contributed by atoms with E-state index in [-0.39, 0.29) is 16.8 Å². The molecule has 0 saturated heterocycles. The molecule has 2 aromatic rings. The van der Waals surface area contributed by atoms with E-state index >= 15 is 0 Å². The van der Waals surface area contributed by atoms with Gasteiger partial charge < -0.3 is 10.5 Å². The number of nitrogens with two attached hydrogens (primary N) is 1. The number of carbonyl (C=O) groups excluding carboxylic acids is 1. The molecular formula is C14H11ClFNO2. The van der Waals surface area contributed by atoms with Crippen LogP contribution in [0.1, 0.15) is 15.9 Å². The molecule has 0 aliphatic heterocycles. The van der Waals surface area contributed by atoms with E-state index in [1.165, 1.54) is 25.3 Å². The van der Waals surface area contributed by atoms with Gasteiger partial charge in [0, 0.05) is 16.3 Å². The van der Waals surface area contributed by atoms with Gasteiger partial charge >= 0.3 is 0 Å². The van der Waals surface area contributed by atoms with E-state index < -0.39 is 11.6 Å². The quantitative estimate of drug-likeness (QED) is 0.693. The van der Waals surface area contributed by atoms with Gasteiger partial charge in [-0.2, -0.15) is 0 Å². The zero-order chi connectivity index (χ0) is 14.0. The van der Waals surface area contributed by atoms with Gasteiger partial charge in [-0.1, -0.05) is 11.6 Å². The third-order valence-corrected chi connectivity index (χ3v) is 2.90. The Balaban J connectivity index is 2.55. The fraction of sp³-hybridized carbons (Fsp3) is 0.0714. The third kappa shape index (κ3) is 2.69. The minimum Gasteiger partial charge on any atom is -0.496 e. The van der Waals surface area contributed by atoms with Crippen molar-refractivity contribution in [3.8, 4) is 5.75 Å². The van der Waals surface area contributed by atoms with E-state index in [1.807, 2.05) is 0 Å². The summed E-state index contributed by atoms with van der Waals surface area (Å²) < 4.78 is 18.3. The van der Waals surface area contributed by atoms with Crippen LogP contribution in [0.25, 0.3) is 0 Å². The van der Waals surface area contributed by atoms with Gasteiger partial charge in [0.2, 0.25) is 0 Å². The monoisotopic (exact) mass is 279 g/mol. The second-order valence-corrected chi connectivity index (χ2v) is 4.34. The smallest absolute Gasteiger partial charge is 0.198 e. The summed E-state index contributed by atoms with van der Waals surface area (Å²) in [4.78, 5) is 12.4. The molecule has 2 rings (SSSR count). The first kappa shape index (κ1) is 13.4. The molecule has 0 aliphatic rings. The first-order valence-electron chi connectivity index (χ1n) is 5.46. The van der Waals surface area contributed by atoms with Crippen molar-refractivity contribution in [3.63, 3.8) is 0 Å². The Kier molecular flexibility index (Phi) is 3.71. The molecule has 2 aromatic carbocycles. The predicted octanol–water partition coefficient (Wildman–Crippen LogP) is 3.30. The van der Waals surface area contributed by atoms with Crippen LogP contribution in [0, 0.1) is 5.82 Å². The van der Waals surface area contributed by atoms with Crippen LogP contribution < -0.4 is 10.5 Å². The highest BCUT2D eigenvalue weighted by Crippen LogP contribution is 2.27. The summed E-state index contributed by atoms with van der Waals surface area (Å²) in [6.45, 7) is 0. The summed E-state index contributed by atoms with van der Waals surface area (Å²) in [6.07, 6.45) is 0. The lowest BCUT2D eigenvalue weighted by Gasteiger charge is -2.09. The molecule has 19 heavy (non-hydrogen) atoms. The fourth-order valence-electron chi connectivity index (χ4n) is 1.73. The first-order valence-corrected chi connectivity index (χ1v) is 5.84. The lowest BCUT2D eigenvalue weighted by Crippen LogP contribution is -2.07. The molecule has 5 heteroatoms. The van der Waals surface area contributed by atoms with Crippen molar-refractivity contribution >= 4 is 23.1 Å². The summed E-state index contributed by atoms with van der Waals surface area (Å²) >= 11 is 5.86. The minimum atomic E-state index is -0.529. The van der Waals surface area contributed by atoms with Gasteiger partial charge in [-0.3, -0.25) is 4.79 Å². The Morgan fingerprint density at radius 3 is 2.63 bits per heavy atom. The standard InChI is InChI=1S/C14H11ClFNO2/c1-19-13-5-2-8(15)6-11(13)14(18)10-7-9(16)3-4-12(10)17/h2-7H,17H2,1H3. The SMILES string of the molecule is COc1ccc(Cl)cc1C(=O)c1cc(F)ccc1N.